The first-order chi connectivity index (χ1) is 9.79. The molecular formula is C14H17N5O2. The molecule has 0 aliphatic heterocycles. The van der Waals surface area contributed by atoms with Gasteiger partial charge in [-0.2, -0.15) is 5.10 Å². The standard InChI is InChI=1S/C14H17N5O2/c1-14(2,13(16)21)17-12(20)11-6-7-19(18-11)10-5-3-4-9(15)8-10/h3-8H,15H2,1-2H3,(H2,16,21)(H,17,20). The molecule has 0 radical (unpaired) electrons. The number of aromatic nitrogens is 2. The van der Waals surface area contributed by atoms with E-state index in [4.69, 9.17) is 11.5 Å². The maximum absolute atomic E-state index is 12.1. The van der Waals surface area contributed by atoms with E-state index in [1.165, 1.54) is 18.5 Å². The highest BCUT2D eigenvalue weighted by atomic mass is 16.2. The first kappa shape index (κ1) is 14.6. The van der Waals surface area contributed by atoms with Crippen molar-refractivity contribution in [1.29, 1.82) is 0 Å². The summed E-state index contributed by atoms with van der Waals surface area (Å²) in [6.45, 7) is 3.06. The van der Waals surface area contributed by atoms with Gasteiger partial charge in [-0.1, -0.05) is 6.07 Å². The lowest BCUT2D eigenvalue weighted by Crippen LogP contribution is -2.53. The van der Waals surface area contributed by atoms with Crippen LogP contribution in [0, 0.1) is 0 Å². The van der Waals surface area contributed by atoms with Crippen LogP contribution in [-0.4, -0.2) is 27.1 Å². The molecule has 0 aliphatic rings. The van der Waals surface area contributed by atoms with Crippen molar-refractivity contribution >= 4 is 17.5 Å². The van der Waals surface area contributed by atoms with Crippen LogP contribution < -0.4 is 16.8 Å². The molecule has 5 N–H and O–H groups in total. The molecule has 0 saturated carbocycles. The summed E-state index contributed by atoms with van der Waals surface area (Å²) in [6, 6.07) is 8.66. The van der Waals surface area contributed by atoms with Gasteiger partial charge in [0.05, 0.1) is 5.69 Å². The largest absolute Gasteiger partial charge is 0.399 e. The molecule has 2 amide bonds. The third-order valence-corrected chi connectivity index (χ3v) is 3.00. The first-order valence-electron chi connectivity index (χ1n) is 6.33. The Labute approximate surface area is 121 Å². The van der Waals surface area contributed by atoms with Gasteiger partial charge in [0.25, 0.3) is 5.91 Å². The van der Waals surface area contributed by atoms with Crippen molar-refractivity contribution < 1.29 is 9.59 Å². The number of nitrogens with one attached hydrogen (secondary N) is 1. The average molecular weight is 287 g/mol. The Hall–Kier alpha value is -2.83. The molecule has 0 saturated heterocycles. The van der Waals surface area contributed by atoms with Crippen LogP contribution in [0.1, 0.15) is 24.3 Å². The van der Waals surface area contributed by atoms with E-state index < -0.39 is 17.4 Å². The predicted molar refractivity (Wildman–Crippen MR) is 78.7 cm³/mol. The third kappa shape index (κ3) is 3.19. The summed E-state index contributed by atoms with van der Waals surface area (Å²) in [5.74, 6) is -1.09. The number of rotatable bonds is 4. The summed E-state index contributed by atoms with van der Waals surface area (Å²) in [6.07, 6.45) is 1.64. The number of amides is 2. The van der Waals surface area contributed by atoms with Gasteiger partial charge < -0.3 is 16.8 Å². The zero-order chi connectivity index (χ0) is 15.6. The number of anilines is 1. The summed E-state index contributed by atoms with van der Waals surface area (Å²) in [7, 11) is 0. The molecule has 2 aromatic rings. The average Bonchev–Trinajstić information content (AvgIpc) is 2.87. The Morgan fingerprint density at radius 3 is 2.62 bits per heavy atom. The quantitative estimate of drug-likeness (QED) is 0.708. The molecule has 7 heteroatoms. The lowest BCUT2D eigenvalue weighted by Gasteiger charge is -2.21. The second kappa shape index (κ2) is 5.28. The molecule has 0 bridgehead atoms. The molecule has 21 heavy (non-hydrogen) atoms. The van der Waals surface area contributed by atoms with Crippen molar-refractivity contribution in [1.82, 2.24) is 15.1 Å². The van der Waals surface area contributed by atoms with Crippen LogP contribution in [0.3, 0.4) is 0 Å². The molecule has 7 nitrogen and oxygen atoms in total. The summed E-state index contributed by atoms with van der Waals surface area (Å²) in [5, 5.41) is 6.70. The highest BCUT2D eigenvalue weighted by Gasteiger charge is 2.28. The van der Waals surface area contributed by atoms with Gasteiger partial charge >= 0.3 is 0 Å². The van der Waals surface area contributed by atoms with Gasteiger partial charge in [0.1, 0.15) is 5.54 Å². The highest BCUT2D eigenvalue weighted by molar-refractivity contribution is 5.97. The Balaban J connectivity index is 2.20. The van der Waals surface area contributed by atoms with Gasteiger partial charge in [0.2, 0.25) is 5.91 Å². The van der Waals surface area contributed by atoms with E-state index in [2.05, 4.69) is 10.4 Å². The maximum Gasteiger partial charge on any atom is 0.272 e. The smallest absolute Gasteiger partial charge is 0.272 e. The number of nitrogen functional groups attached to an aromatic ring is 1. The van der Waals surface area contributed by atoms with Crippen LogP contribution >= 0.6 is 0 Å². The van der Waals surface area contributed by atoms with Crippen molar-refractivity contribution in [3.05, 3.63) is 42.2 Å². The number of hydrogen-bond acceptors (Lipinski definition) is 4. The molecule has 2 rings (SSSR count). The van der Waals surface area contributed by atoms with Crippen molar-refractivity contribution in [3.8, 4) is 5.69 Å². The molecule has 0 aliphatic carbocycles. The van der Waals surface area contributed by atoms with Crippen LogP contribution in [-0.2, 0) is 4.79 Å². The minimum Gasteiger partial charge on any atom is -0.399 e. The van der Waals surface area contributed by atoms with Crippen molar-refractivity contribution in [2.75, 3.05) is 5.73 Å². The molecule has 0 unspecified atom stereocenters. The minimum absolute atomic E-state index is 0.187. The fourth-order valence-corrected chi connectivity index (χ4v) is 1.67. The van der Waals surface area contributed by atoms with E-state index in [-0.39, 0.29) is 5.69 Å². The van der Waals surface area contributed by atoms with Crippen molar-refractivity contribution in [2.24, 2.45) is 5.73 Å². The molecule has 110 valence electrons. The fraction of sp³-hybridized carbons (Fsp3) is 0.214. The van der Waals surface area contributed by atoms with Gasteiger partial charge in [-0.05, 0) is 38.1 Å². The number of carbonyl (C=O) groups is 2. The number of primary amides is 1. The topological polar surface area (TPSA) is 116 Å². The highest BCUT2D eigenvalue weighted by Crippen LogP contribution is 2.12. The van der Waals surface area contributed by atoms with E-state index in [0.717, 1.165) is 5.69 Å². The molecular weight excluding hydrogens is 270 g/mol. The lowest BCUT2D eigenvalue weighted by molar-refractivity contribution is -0.122. The summed E-state index contributed by atoms with van der Waals surface area (Å²) in [5.41, 5.74) is 11.3. The minimum atomic E-state index is -1.14. The molecule has 1 heterocycles. The van der Waals surface area contributed by atoms with Gasteiger partial charge in [-0.25, -0.2) is 4.68 Å². The number of hydrogen-bond donors (Lipinski definition) is 3. The molecule has 0 atom stereocenters. The molecule has 1 aromatic carbocycles. The SMILES string of the molecule is CC(C)(NC(=O)c1ccn(-c2cccc(N)c2)n1)C(N)=O. The van der Waals surface area contributed by atoms with E-state index >= 15 is 0 Å². The Kier molecular flexibility index (Phi) is 3.66. The predicted octanol–water partition coefficient (Wildman–Crippen LogP) is 0.448. The molecule has 1 aromatic heterocycles. The van der Waals surface area contributed by atoms with Gasteiger partial charge in [0, 0.05) is 11.9 Å². The van der Waals surface area contributed by atoms with Crippen LogP contribution in [0.5, 0.6) is 0 Å². The van der Waals surface area contributed by atoms with Crippen molar-refractivity contribution in [2.45, 2.75) is 19.4 Å². The Bertz CT molecular complexity index is 690. The number of nitrogens with two attached hydrogens (primary N) is 2. The number of benzene rings is 1. The Morgan fingerprint density at radius 1 is 1.29 bits per heavy atom. The zero-order valence-electron chi connectivity index (χ0n) is 11.8. The fourth-order valence-electron chi connectivity index (χ4n) is 1.67. The Morgan fingerprint density at radius 2 is 2.00 bits per heavy atom. The zero-order valence-corrected chi connectivity index (χ0v) is 11.8. The molecule has 0 fully saturated rings. The van der Waals surface area contributed by atoms with E-state index in [0.29, 0.717) is 5.69 Å². The summed E-state index contributed by atoms with van der Waals surface area (Å²) < 4.78 is 1.53. The van der Waals surface area contributed by atoms with E-state index in [1.807, 2.05) is 6.07 Å². The van der Waals surface area contributed by atoms with Gasteiger partial charge in [-0.3, -0.25) is 9.59 Å². The third-order valence-electron chi connectivity index (χ3n) is 3.00. The summed E-state index contributed by atoms with van der Waals surface area (Å²) in [4.78, 5) is 23.3. The van der Waals surface area contributed by atoms with Crippen LogP contribution in [0.15, 0.2) is 36.5 Å². The van der Waals surface area contributed by atoms with Crippen LogP contribution in [0.2, 0.25) is 0 Å². The second-order valence-corrected chi connectivity index (χ2v) is 5.18. The number of nitrogens with zero attached hydrogens (tertiary/aromatic N) is 2. The van der Waals surface area contributed by atoms with Crippen LogP contribution in [0.4, 0.5) is 5.69 Å². The second-order valence-electron chi connectivity index (χ2n) is 5.18. The summed E-state index contributed by atoms with van der Waals surface area (Å²) >= 11 is 0. The first-order valence-corrected chi connectivity index (χ1v) is 6.33. The monoisotopic (exact) mass is 287 g/mol. The maximum atomic E-state index is 12.1. The lowest BCUT2D eigenvalue weighted by atomic mass is 10.1. The van der Waals surface area contributed by atoms with E-state index in [1.54, 1.807) is 30.5 Å². The molecule has 0 spiro atoms. The van der Waals surface area contributed by atoms with Gasteiger partial charge in [0.15, 0.2) is 5.69 Å². The normalized spacial score (nSPS) is 11.1. The van der Waals surface area contributed by atoms with Crippen LogP contribution in [0.25, 0.3) is 5.69 Å². The number of carbonyl (C=O) groups excluding carboxylic acids is 2. The van der Waals surface area contributed by atoms with Gasteiger partial charge in [-0.15, -0.1) is 0 Å². The van der Waals surface area contributed by atoms with Crippen molar-refractivity contribution in [3.63, 3.8) is 0 Å². The van der Waals surface area contributed by atoms with E-state index in [9.17, 15) is 9.59 Å².